The number of rotatable bonds is 6. The monoisotopic (exact) mass is 264 g/mol. The molecule has 2 aromatic rings. The van der Waals surface area contributed by atoms with Crippen LogP contribution in [0.3, 0.4) is 0 Å². The summed E-state index contributed by atoms with van der Waals surface area (Å²) < 4.78 is 11.7. The number of nitrogens with one attached hydrogen (secondary N) is 2. The number of carbonyl (C=O) groups is 1. The Balaban J connectivity index is 1.90. The van der Waals surface area contributed by atoms with Gasteiger partial charge in [0.2, 0.25) is 0 Å². The van der Waals surface area contributed by atoms with Crippen molar-refractivity contribution in [3.63, 3.8) is 0 Å². The zero-order valence-electron chi connectivity index (χ0n) is 10.6. The molecular weight excluding hydrogens is 248 g/mol. The van der Waals surface area contributed by atoms with Crippen molar-refractivity contribution in [2.45, 2.75) is 6.54 Å². The van der Waals surface area contributed by atoms with E-state index >= 15 is 0 Å². The fourth-order valence-corrected chi connectivity index (χ4v) is 1.54. The van der Waals surface area contributed by atoms with Gasteiger partial charge in [-0.3, -0.25) is 5.32 Å². The van der Waals surface area contributed by atoms with Crippen molar-refractivity contribution >= 4 is 11.8 Å². The highest BCUT2D eigenvalue weighted by Gasteiger charge is 2.08. The minimum absolute atomic E-state index is 0.293. The summed E-state index contributed by atoms with van der Waals surface area (Å²) in [5.41, 5.74) is 0. The van der Waals surface area contributed by atoms with Crippen molar-refractivity contribution in [1.29, 1.82) is 0 Å². The normalized spacial score (nSPS) is 10.4. The summed E-state index contributed by atoms with van der Waals surface area (Å²) in [4.78, 5) is 11.6. The Labute approximate surface area is 110 Å². The highest BCUT2D eigenvalue weighted by Crippen LogP contribution is 2.10. The van der Waals surface area contributed by atoms with E-state index in [1.807, 2.05) is 12.1 Å². The Morgan fingerprint density at radius 1 is 1.53 bits per heavy atom. The SMILES string of the molecule is COCCNC(=O)Nc1ccnn1Cc1ccco1. The van der Waals surface area contributed by atoms with Crippen LogP contribution in [0, 0.1) is 0 Å². The standard InChI is InChI=1S/C12H16N4O3/c1-18-8-6-13-12(17)15-11-4-5-14-16(11)9-10-3-2-7-19-10/h2-5,7H,6,8-9H2,1H3,(H2,13,15,17). The number of carbonyl (C=O) groups excluding carboxylic acids is 1. The third-order valence-corrected chi connectivity index (χ3v) is 2.44. The Morgan fingerprint density at radius 2 is 2.42 bits per heavy atom. The molecule has 7 heteroatoms. The van der Waals surface area contributed by atoms with E-state index < -0.39 is 0 Å². The molecule has 102 valence electrons. The van der Waals surface area contributed by atoms with Gasteiger partial charge in [-0.25, -0.2) is 9.48 Å². The lowest BCUT2D eigenvalue weighted by atomic mass is 10.4. The predicted octanol–water partition coefficient (Wildman–Crippen LogP) is 1.29. The van der Waals surface area contributed by atoms with Gasteiger partial charge in [-0.15, -0.1) is 0 Å². The van der Waals surface area contributed by atoms with E-state index in [0.29, 0.717) is 25.5 Å². The zero-order chi connectivity index (χ0) is 13.5. The maximum atomic E-state index is 11.6. The summed E-state index contributed by atoms with van der Waals surface area (Å²) in [6.07, 6.45) is 3.22. The van der Waals surface area contributed by atoms with Crippen LogP contribution in [0.5, 0.6) is 0 Å². The van der Waals surface area contributed by atoms with Crippen molar-refractivity contribution in [3.8, 4) is 0 Å². The van der Waals surface area contributed by atoms with Crippen molar-refractivity contribution in [2.24, 2.45) is 0 Å². The Bertz CT molecular complexity index is 507. The first-order valence-electron chi connectivity index (χ1n) is 5.87. The second-order valence-electron chi connectivity index (χ2n) is 3.83. The van der Waals surface area contributed by atoms with Crippen LogP contribution in [-0.4, -0.2) is 36.1 Å². The summed E-state index contributed by atoms with van der Waals surface area (Å²) in [5.74, 6) is 1.37. The number of anilines is 1. The number of furan rings is 1. The molecule has 0 saturated heterocycles. The number of amides is 2. The molecule has 0 aliphatic heterocycles. The second kappa shape index (κ2) is 6.60. The van der Waals surface area contributed by atoms with Crippen molar-refractivity contribution in [3.05, 3.63) is 36.4 Å². The zero-order valence-corrected chi connectivity index (χ0v) is 10.6. The Kier molecular flexibility index (Phi) is 4.57. The van der Waals surface area contributed by atoms with Gasteiger partial charge in [0.1, 0.15) is 18.1 Å². The van der Waals surface area contributed by atoms with Gasteiger partial charge in [0.15, 0.2) is 0 Å². The lowest BCUT2D eigenvalue weighted by Crippen LogP contribution is -2.32. The van der Waals surface area contributed by atoms with Crippen LogP contribution in [0.1, 0.15) is 5.76 Å². The van der Waals surface area contributed by atoms with Gasteiger partial charge in [-0.2, -0.15) is 5.10 Å². The molecule has 2 amide bonds. The molecule has 7 nitrogen and oxygen atoms in total. The third kappa shape index (κ3) is 3.85. The van der Waals surface area contributed by atoms with Gasteiger partial charge < -0.3 is 14.5 Å². The van der Waals surface area contributed by atoms with Crippen LogP contribution in [0.15, 0.2) is 35.1 Å². The summed E-state index contributed by atoms with van der Waals surface area (Å²) >= 11 is 0. The first-order chi connectivity index (χ1) is 9.29. The Morgan fingerprint density at radius 3 is 3.16 bits per heavy atom. The first-order valence-corrected chi connectivity index (χ1v) is 5.87. The molecule has 0 radical (unpaired) electrons. The maximum Gasteiger partial charge on any atom is 0.320 e. The lowest BCUT2D eigenvalue weighted by Gasteiger charge is -2.09. The minimum Gasteiger partial charge on any atom is -0.467 e. The molecular formula is C12H16N4O3. The highest BCUT2D eigenvalue weighted by atomic mass is 16.5. The number of hydrogen-bond donors (Lipinski definition) is 2. The average molecular weight is 264 g/mol. The molecule has 0 unspecified atom stereocenters. The van der Waals surface area contributed by atoms with Gasteiger partial charge in [0, 0.05) is 19.7 Å². The fourth-order valence-electron chi connectivity index (χ4n) is 1.54. The van der Waals surface area contributed by atoms with Crippen molar-refractivity contribution in [2.75, 3.05) is 25.6 Å². The first kappa shape index (κ1) is 13.2. The van der Waals surface area contributed by atoms with E-state index in [1.165, 1.54) is 0 Å². The second-order valence-corrected chi connectivity index (χ2v) is 3.83. The molecule has 0 fully saturated rings. The minimum atomic E-state index is -0.293. The van der Waals surface area contributed by atoms with E-state index in [2.05, 4.69) is 15.7 Å². The number of urea groups is 1. The van der Waals surface area contributed by atoms with Gasteiger partial charge >= 0.3 is 6.03 Å². The van der Waals surface area contributed by atoms with Crippen LogP contribution in [0.2, 0.25) is 0 Å². The quantitative estimate of drug-likeness (QED) is 0.770. The number of methoxy groups -OCH3 is 1. The molecule has 19 heavy (non-hydrogen) atoms. The Hall–Kier alpha value is -2.28. The van der Waals surface area contributed by atoms with Gasteiger partial charge in [0.05, 0.1) is 19.1 Å². The molecule has 2 rings (SSSR count). The smallest absolute Gasteiger partial charge is 0.320 e. The predicted molar refractivity (Wildman–Crippen MR) is 68.9 cm³/mol. The largest absolute Gasteiger partial charge is 0.467 e. The molecule has 2 heterocycles. The molecule has 0 aliphatic rings. The fraction of sp³-hybridized carbons (Fsp3) is 0.333. The summed E-state index contributed by atoms with van der Waals surface area (Å²) in [6, 6.07) is 5.09. The molecule has 0 spiro atoms. The van der Waals surface area contributed by atoms with E-state index in [0.717, 1.165) is 5.76 Å². The van der Waals surface area contributed by atoms with E-state index in [4.69, 9.17) is 9.15 Å². The number of ether oxygens (including phenoxy) is 1. The molecule has 2 N–H and O–H groups in total. The van der Waals surface area contributed by atoms with E-state index in [-0.39, 0.29) is 6.03 Å². The average Bonchev–Trinajstić information content (AvgIpc) is 3.03. The van der Waals surface area contributed by atoms with Gasteiger partial charge in [-0.1, -0.05) is 0 Å². The van der Waals surface area contributed by atoms with Gasteiger partial charge in [-0.05, 0) is 12.1 Å². The van der Waals surface area contributed by atoms with Crippen LogP contribution >= 0.6 is 0 Å². The molecule has 0 atom stereocenters. The van der Waals surface area contributed by atoms with Crippen molar-refractivity contribution < 1.29 is 13.9 Å². The van der Waals surface area contributed by atoms with Crippen molar-refractivity contribution in [1.82, 2.24) is 15.1 Å². The topological polar surface area (TPSA) is 81.3 Å². The summed E-state index contributed by atoms with van der Waals surface area (Å²) in [5, 5.41) is 9.51. The molecule has 0 aliphatic carbocycles. The molecule has 0 bridgehead atoms. The van der Waals surface area contributed by atoms with Crippen LogP contribution < -0.4 is 10.6 Å². The molecule has 0 saturated carbocycles. The molecule has 0 aromatic carbocycles. The third-order valence-electron chi connectivity index (χ3n) is 2.44. The lowest BCUT2D eigenvalue weighted by molar-refractivity contribution is 0.198. The highest BCUT2D eigenvalue weighted by molar-refractivity contribution is 5.88. The van der Waals surface area contributed by atoms with Gasteiger partial charge in [0.25, 0.3) is 0 Å². The number of aromatic nitrogens is 2. The van der Waals surface area contributed by atoms with Crippen LogP contribution in [0.25, 0.3) is 0 Å². The summed E-state index contributed by atoms with van der Waals surface area (Å²) in [7, 11) is 1.58. The van der Waals surface area contributed by atoms with E-state index in [1.54, 1.807) is 30.3 Å². The number of nitrogens with zero attached hydrogens (tertiary/aromatic N) is 2. The molecule has 2 aromatic heterocycles. The number of hydrogen-bond acceptors (Lipinski definition) is 4. The van der Waals surface area contributed by atoms with Crippen LogP contribution in [0.4, 0.5) is 10.6 Å². The van der Waals surface area contributed by atoms with E-state index in [9.17, 15) is 4.79 Å². The maximum absolute atomic E-state index is 11.6. The summed E-state index contributed by atoms with van der Waals surface area (Å²) in [6.45, 7) is 1.39. The van der Waals surface area contributed by atoms with Crippen LogP contribution in [-0.2, 0) is 11.3 Å².